The van der Waals surface area contributed by atoms with Crippen molar-refractivity contribution in [2.75, 3.05) is 12.4 Å². The molecule has 1 aliphatic carbocycles. The van der Waals surface area contributed by atoms with E-state index in [0.29, 0.717) is 6.04 Å². The smallest absolute Gasteiger partial charge is 0.122 e. The Bertz CT molecular complexity index is 400. The van der Waals surface area contributed by atoms with Crippen LogP contribution in [0.1, 0.15) is 45.4 Å². The van der Waals surface area contributed by atoms with Crippen molar-refractivity contribution >= 4 is 21.6 Å². The Morgan fingerprint density at radius 3 is 2.58 bits per heavy atom. The van der Waals surface area contributed by atoms with Crippen LogP contribution < -0.4 is 10.1 Å². The summed E-state index contributed by atoms with van der Waals surface area (Å²) in [6.45, 7) is 2.29. The summed E-state index contributed by atoms with van der Waals surface area (Å²) in [5.74, 6) is 1.86. The van der Waals surface area contributed by atoms with Gasteiger partial charge in [0.05, 0.1) is 7.11 Å². The summed E-state index contributed by atoms with van der Waals surface area (Å²) >= 11 is 3.53. The van der Waals surface area contributed by atoms with E-state index in [1.165, 1.54) is 38.5 Å². The molecule has 3 heteroatoms. The second-order valence-electron chi connectivity index (χ2n) is 5.53. The monoisotopic (exact) mass is 325 g/mol. The van der Waals surface area contributed by atoms with Crippen molar-refractivity contribution < 1.29 is 4.74 Å². The average Bonchev–Trinajstić information content (AvgIpc) is 2.40. The first-order valence-electron chi connectivity index (χ1n) is 7.32. The molecule has 1 N–H and O–H groups in total. The van der Waals surface area contributed by atoms with Crippen LogP contribution in [0.5, 0.6) is 5.75 Å². The van der Waals surface area contributed by atoms with Crippen LogP contribution in [-0.4, -0.2) is 13.2 Å². The summed E-state index contributed by atoms with van der Waals surface area (Å²) < 4.78 is 6.37. The van der Waals surface area contributed by atoms with Crippen molar-refractivity contribution in [1.29, 1.82) is 0 Å². The lowest BCUT2D eigenvalue weighted by atomic mass is 9.83. The molecule has 0 saturated heterocycles. The minimum atomic E-state index is 0.618. The lowest BCUT2D eigenvalue weighted by Gasteiger charge is -2.29. The summed E-state index contributed by atoms with van der Waals surface area (Å²) in [5.41, 5.74) is 1.16. The predicted molar refractivity (Wildman–Crippen MR) is 85.0 cm³/mol. The van der Waals surface area contributed by atoms with Gasteiger partial charge in [-0.3, -0.25) is 0 Å². The highest BCUT2D eigenvalue weighted by atomic mass is 79.9. The van der Waals surface area contributed by atoms with Gasteiger partial charge in [-0.2, -0.15) is 0 Å². The second kappa shape index (κ2) is 7.18. The quantitative estimate of drug-likeness (QED) is 0.800. The Kier molecular flexibility index (Phi) is 5.56. The van der Waals surface area contributed by atoms with Crippen LogP contribution in [0.4, 0.5) is 5.69 Å². The normalized spacial score (nSPS) is 23.1. The zero-order chi connectivity index (χ0) is 13.7. The first-order chi connectivity index (χ1) is 9.21. The van der Waals surface area contributed by atoms with Crippen molar-refractivity contribution in [3.05, 3.63) is 22.7 Å². The van der Waals surface area contributed by atoms with Gasteiger partial charge in [-0.25, -0.2) is 0 Å². The van der Waals surface area contributed by atoms with Gasteiger partial charge in [-0.15, -0.1) is 0 Å². The van der Waals surface area contributed by atoms with Crippen LogP contribution in [0.15, 0.2) is 22.7 Å². The molecule has 106 valence electrons. The van der Waals surface area contributed by atoms with Crippen molar-refractivity contribution in [1.82, 2.24) is 0 Å². The lowest BCUT2D eigenvalue weighted by molar-refractivity contribution is 0.319. The van der Waals surface area contributed by atoms with Crippen LogP contribution in [-0.2, 0) is 0 Å². The highest BCUT2D eigenvalue weighted by Crippen LogP contribution is 2.31. The number of anilines is 1. The highest BCUT2D eigenvalue weighted by Gasteiger charge is 2.20. The van der Waals surface area contributed by atoms with E-state index >= 15 is 0 Å². The van der Waals surface area contributed by atoms with E-state index in [1.54, 1.807) is 7.11 Å². The lowest BCUT2D eigenvalue weighted by Crippen LogP contribution is -2.26. The standard InChI is InChI=1S/C16H24BrNO/c1-3-4-12-5-7-14(8-6-12)18-15-9-13(17)10-16(11-15)19-2/h9-12,14,18H,3-8H2,1-2H3. The van der Waals surface area contributed by atoms with Gasteiger partial charge in [0.2, 0.25) is 0 Å². The fourth-order valence-electron chi connectivity index (χ4n) is 3.00. The van der Waals surface area contributed by atoms with E-state index < -0.39 is 0 Å². The van der Waals surface area contributed by atoms with E-state index in [9.17, 15) is 0 Å². The molecule has 1 aromatic carbocycles. The number of benzene rings is 1. The highest BCUT2D eigenvalue weighted by molar-refractivity contribution is 9.10. The van der Waals surface area contributed by atoms with Gasteiger partial charge in [0.1, 0.15) is 5.75 Å². The molecular weight excluding hydrogens is 302 g/mol. The molecule has 2 nitrogen and oxygen atoms in total. The Morgan fingerprint density at radius 1 is 1.21 bits per heavy atom. The van der Waals surface area contributed by atoms with E-state index in [-0.39, 0.29) is 0 Å². The summed E-state index contributed by atoms with van der Waals surface area (Å²) in [6.07, 6.45) is 8.05. The van der Waals surface area contributed by atoms with Gasteiger partial charge in [0.15, 0.2) is 0 Å². The number of nitrogens with one attached hydrogen (secondary N) is 1. The third-order valence-electron chi connectivity index (χ3n) is 4.02. The maximum Gasteiger partial charge on any atom is 0.122 e. The largest absolute Gasteiger partial charge is 0.497 e. The Morgan fingerprint density at radius 2 is 1.95 bits per heavy atom. The SMILES string of the molecule is CCCC1CCC(Nc2cc(Br)cc(OC)c2)CC1. The first kappa shape index (κ1) is 14.7. The molecule has 0 atom stereocenters. The summed E-state index contributed by atoms with van der Waals surface area (Å²) in [5, 5.41) is 3.65. The molecule has 1 saturated carbocycles. The van der Waals surface area contributed by atoms with Gasteiger partial charge in [0.25, 0.3) is 0 Å². The second-order valence-corrected chi connectivity index (χ2v) is 6.45. The molecule has 2 rings (SSSR count). The summed E-state index contributed by atoms with van der Waals surface area (Å²) in [4.78, 5) is 0. The summed E-state index contributed by atoms with van der Waals surface area (Å²) in [7, 11) is 1.71. The average molecular weight is 326 g/mol. The van der Waals surface area contributed by atoms with Crippen LogP contribution >= 0.6 is 15.9 Å². The molecule has 1 fully saturated rings. The zero-order valence-corrected chi connectivity index (χ0v) is 13.5. The molecule has 0 unspecified atom stereocenters. The maximum absolute atomic E-state index is 5.30. The molecule has 0 spiro atoms. The molecule has 1 aliphatic rings. The Balaban J connectivity index is 1.90. The fraction of sp³-hybridized carbons (Fsp3) is 0.625. The van der Waals surface area contributed by atoms with E-state index in [2.05, 4.69) is 40.3 Å². The number of rotatable bonds is 5. The van der Waals surface area contributed by atoms with Crippen molar-refractivity contribution in [2.24, 2.45) is 5.92 Å². The van der Waals surface area contributed by atoms with Crippen LogP contribution in [0, 0.1) is 5.92 Å². The zero-order valence-electron chi connectivity index (χ0n) is 11.9. The number of hydrogen-bond donors (Lipinski definition) is 1. The Hall–Kier alpha value is -0.700. The first-order valence-corrected chi connectivity index (χ1v) is 8.11. The third-order valence-corrected chi connectivity index (χ3v) is 4.48. The summed E-state index contributed by atoms with van der Waals surface area (Å²) in [6, 6.07) is 6.81. The molecule has 0 aliphatic heterocycles. The third kappa shape index (κ3) is 4.41. The van der Waals surface area contributed by atoms with Crippen molar-refractivity contribution in [2.45, 2.75) is 51.5 Å². The molecule has 0 bridgehead atoms. The molecule has 0 aromatic heterocycles. The number of ether oxygens (including phenoxy) is 1. The van der Waals surface area contributed by atoms with E-state index in [4.69, 9.17) is 4.74 Å². The predicted octanol–water partition coefficient (Wildman–Crippen LogP) is 5.23. The van der Waals surface area contributed by atoms with Gasteiger partial charge in [-0.1, -0.05) is 35.7 Å². The van der Waals surface area contributed by atoms with Crippen LogP contribution in [0.3, 0.4) is 0 Å². The topological polar surface area (TPSA) is 21.3 Å². The van der Waals surface area contributed by atoms with Gasteiger partial charge < -0.3 is 10.1 Å². The van der Waals surface area contributed by atoms with Gasteiger partial charge in [-0.05, 0) is 43.7 Å². The molecule has 0 amide bonds. The molecule has 0 heterocycles. The van der Waals surface area contributed by atoms with Gasteiger partial charge in [0, 0.05) is 22.3 Å². The fourth-order valence-corrected chi connectivity index (χ4v) is 3.48. The molecule has 1 aromatic rings. The van der Waals surface area contributed by atoms with Crippen LogP contribution in [0.2, 0.25) is 0 Å². The molecule has 19 heavy (non-hydrogen) atoms. The van der Waals surface area contributed by atoms with Crippen molar-refractivity contribution in [3.63, 3.8) is 0 Å². The van der Waals surface area contributed by atoms with Gasteiger partial charge >= 0.3 is 0 Å². The van der Waals surface area contributed by atoms with Crippen molar-refractivity contribution in [3.8, 4) is 5.75 Å². The van der Waals surface area contributed by atoms with E-state index in [0.717, 1.165) is 21.8 Å². The minimum Gasteiger partial charge on any atom is -0.497 e. The number of hydrogen-bond acceptors (Lipinski definition) is 2. The molecule has 0 radical (unpaired) electrons. The Labute approximate surface area is 125 Å². The number of methoxy groups -OCH3 is 1. The molecular formula is C16H24BrNO. The minimum absolute atomic E-state index is 0.618. The van der Waals surface area contributed by atoms with Crippen LogP contribution in [0.25, 0.3) is 0 Å². The van der Waals surface area contributed by atoms with E-state index in [1.807, 2.05) is 6.07 Å². The number of halogens is 1. The maximum atomic E-state index is 5.30.